The van der Waals surface area contributed by atoms with Gasteiger partial charge in [-0.1, -0.05) is 0 Å². The third kappa shape index (κ3) is 9.18. The molecular formula is C5H12Cl2GaN. The molecule has 0 aromatic rings. The van der Waals surface area contributed by atoms with Crippen LogP contribution in [0.25, 0.3) is 0 Å². The Morgan fingerprint density at radius 1 is 1.33 bits per heavy atom. The zero-order chi connectivity index (χ0) is 7.28. The van der Waals surface area contributed by atoms with Gasteiger partial charge in [-0.3, -0.25) is 0 Å². The van der Waals surface area contributed by atoms with E-state index in [1.807, 2.05) is 0 Å². The molecule has 0 aliphatic heterocycles. The molecule has 0 saturated heterocycles. The molecule has 0 amide bonds. The second kappa shape index (κ2) is 5.92. The van der Waals surface area contributed by atoms with E-state index in [1.165, 1.54) is 0 Å². The van der Waals surface area contributed by atoms with Crippen LogP contribution in [-0.4, -0.2) is 39.8 Å². The summed E-state index contributed by atoms with van der Waals surface area (Å²) in [6, 6.07) is 0. The molecule has 0 radical (unpaired) electrons. The standard InChI is InChI=1S/C5H12N.2ClH.Ga/c1-4-5-6(2)3;;;/h1,4-5H2,2-3H3;2*1H;/q;;;+2/p-2. The van der Waals surface area contributed by atoms with Crippen molar-refractivity contribution in [1.82, 2.24) is 4.90 Å². The first kappa shape index (κ1) is 10.2. The third-order valence-corrected chi connectivity index (χ3v) is 5.07. The molecule has 9 heavy (non-hydrogen) atoms. The van der Waals surface area contributed by atoms with Gasteiger partial charge >= 0.3 is 70.4 Å². The van der Waals surface area contributed by atoms with Crippen LogP contribution in [-0.2, 0) is 0 Å². The van der Waals surface area contributed by atoms with Gasteiger partial charge in [0.1, 0.15) is 0 Å². The topological polar surface area (TPSA) is 3.24 Å². The van der Waals surface area contributed by atoms with Gasteiger partial charge in [-0.25, -0.2) is 0 Å². The van der Waals surface area contributed by atoms with Crippen LogP contribution in [0.15, 0.2) is 0 Å². The van der Waals surface area contributed by atoms with Gasteiger partial charge in [0.25, 0.3) is 0 Å². The predicted molar refractivity (Wildman–Crippen MR) is 45.4 cm³/mol. The summed E-state index contributed by atoms with van der Waals surface area (Å²) < 4.78 is 0. The van der Waals surface area contributed by atoms with Crippen LogP contribution >= 0.6 is 19.3 Å². The number of hydrogen-bond acceptors (Lipinski definition) is 1. The fraction of sp³-hybridized carbons (Fsp3) is 1.00. The van der Waals surface area contributed by atoms with Crippen LogP contribution in [0.2, 0.25) is 4.98 Å². The van der Waals surface area contributed by atoms with Gasteiger partial charge in [-0.05, 0) is 0 Å². The van der Waals surface area contributed by atoms with E-state index in [0.29, 0.717) is 0 Å². The summed E-state index contributed by atoms with van der Waals surface area (Å²) in [5.41, 5.74) is 0. The normalized spacial score (nSPS) is 10.3. The van der Waals surface area contributed by atoms with Gasteiger partial charge in [0.15, 0.2) is 0 Å². The van der Waals surface area contributed by atoms with Crippen molar-refractivity contribution in [3.05, 3.63) is 0 Å². The molecule has 54 valence electrons. The molecule has 0 aliphatic rings. The average Bonchev–Trinajstić information content (AvgIpc) is 1.63. The first-order chi connectivity index (χ1) is 4.13. The van der Waals surface area contributed by atoms with Crippen molar-refractivity contribution in [2.75, 3.05) is 20.6 Å². The summed E-state index contributed by atoms with van der Waals surface area (Å²) in [5, 5.41) is 0. The van der Waals surface area contributed by atoms with E-state index in [2.05, 4.69) is 19.0 Å². The fourth-order valence-electron chi connectivity index (χ4n) is 0.562. The van der Waals surface area contributed by atoms with Crippen molar-refractivity contribution in [2.24, 2.45) is 0 Å². The van der Waals surface area contributed by atoms with Crippen molar-refractivity contribution < 1.29 is 0 Å². The van der Waals surface area contributed by atoms with Crippen molar-refractivity contribution >= 4 is 33.5 Å². The van der Waals surface area contributed by atoms with E-state index in [9.17, 15) is 0 Å². The third-order valence-electron chi connectivity index (χ3n) is 1.03. The summed E-state index contributed by atoms with van der Waals surface area (Å²) >= 11 is -1.70. The van der Waals surface area contributed by atoms with Gasteiger partial charge in [-0.15, -0.1) is 0 Å². The van der Waals surface area contributed by atoms with Gasteiger partial charge in [0.05, 0.1) is 0 Å². The summed E-state index contributed by atoms with van der Waals surface area (Å²) in [5.74, 6) is 0. The molecule has 0 aromatic carbocycles. The van der Waals surface area contributed by atoms with Crippen LogP contribution in [0.5, 0.6) is 0 Å². The van der Waals surface area contributed by atoms with E-state index in [-0.39, 0.29) is 0 Å². The monoisotopic (exact) mass is 225 g/mol. The Balaban J connectivity index is 2.91. The van der Waals surface area contributed by atoms with Gasteiger partial charge in [-0.2, -0.15) is 0 Å². The van der Waals surface area contributed by atoms with Crippen molar-refractivity contribution in [1.29, 1.82) is 0 Å². The number of nitrogens with zero attached hydrogens (tertiary/aromatic N) is 1. The van der Waals surface area contributed by atoms with Gasteiger partial charge < -0.3 is 0 Å². The molecule has 0 N–H and O–H groups in total. The minimum atomic E-state index is -1.70. The second-order valence-electron chi connectivity index (χ2n) is 2.34. The van der Waals surface area contributed by atoms with E-state index < -0.39 is 14.2 Å². The van der Waals surface area contributed by atoms with E-state index in [4.69, 9.17) is 19.3 Å². The Hall–Kier alpha value is 1.18. The number of halogens is 2. The molecule has 0 fully saturated rings. The summed E-state index contributed by atoms with van der Waals surface area (Å²) in [6.45, 7) is 1.11. The number of hydrogen-bond donors (Lipinski definition) is 0. The fourth-order valence-corrected chi connectivity index (χ4v) is 3.20. The zero-order valence-corrected chi connectivity index (χ0v) is 9.84. The van der Waals surface area contributed by atoms with Gasteiger partial charge in [0.2, 0.25) is 0 Å². The molecule has 0 aliphatic carbocycles. The molecule has 0 aromatic heterocycles. The molecule has 0 unspecified atom stereocenters. The Morgan fingerprint density at radius 3 is 2.22 bits per heavy atom. The van der Waals surface area contributed by atoms with Crippen LogP contribution in [0.4, 0.5) is 0 Å². The summed E-state index contributed by atoms with van der Waals surface area (Å²) in [6.07, 6.45) is 1.16. The van der Waals surface area contributed by atoms with Gasteiger partial charge in [0, 0.05) is 0 Å². The van der Waals surface area contributed by atoms with Crippen molar-refractivity contribution in [2.45, 2.75) is 11.4 Å². The molecular weight excluding hydrogens is 215 g/mol. The summed E-state index contributed by atoms with van der Waals surface area (Å²) in [4.78, 5) is 3.23. The average molecular weight is 227 g/mol. The first-order valence-corrected chi connectivity index (χ1v) is 11.1. The maximum absolute atomic E-state index is 5.70. The van der Waals surface area contributed by atoms with Crippen LogP contribution in [0.3, 0.4) is 0 Å². The van der Waals surface area contributed by atoms with Crippen molar-refractivity contribution in [3.63, 3.8) is 0 Å². The van der Waals surface area contributed by atoms with Crippen LogP contribution in [0.1, 0.15) is 6.42 Å². The second-order valence-corrected chi connectivity index (χ2v) is 11.8. The zero-order valence-electron chi connectivity index (χ0n) is 5.90. The molecule has 0 heterocycles. The van der Waals surface area contributed by atoms with E-state index in [1.54, 1.807) is 0 Å². The SMILES string of the molecule is CN(C)CC[CH2][Ga]([Cl])[Cl]. The van der Waals surface area contributed by atoms with Crippen LogP contribution in [0, 0.1) is 0 Å². The molecule has 4 heteroatoms. The molecule has 0 saturated carbocycles. The Labute approximate surface area is 70.4 Å². The Kier molecular flexibility index (Phi) is 6.70. The number of rotatable bonds is 4. The predicted octanol–water partition coefficient (Wildman–Crippen LogP) is 1.90. The van der Waals surface area contributed by atoms with E-state index >= 15 is 0 Å². The molecule has 0 rings (SSSR count). The Bertz CT molecular complexity index is 60.0. The van der Waals surface area contributed by atoms with Crippen LogP contribution < -0.4 is 0 Å². The molecule has 1 nitrogen and oxygen atoms in total. The quantitative estimate of drug-likeness (QED) is 0.662. The van der Waals surface area contributed by atoms with E-state index in [0.717, 1.165) is 17.9 Å². The maximum atomic E-state index is 5.70. The molecule has 0 spiro atoms. The first-order valence-electron chi connectivity index (χ1n) is 3.06. The summed E-state index contributed by atoms with van der Waals surface area (Å²) in [7, 11) is 15.5. The minimum absolute atomic E-state index is 1.08. The Morgan fingerprint density at radius 2 is 1.89 bits per heavy atom. The van der Waals surface area contributed by atoms with Crippen molar-refractivity contribution in [3.8, 4) is 0 Å². The molecule has 0 bridgehead atoms. The molecule has 0 atom stereocenters.